The van der Waals surface area contributed by atoms with Crippen LogP contribution >= 0.6 is 0 Å². The zero-order chi connectivity index (χ0) is 15.6. The minimum Gasteiger partial charge on any atom is -0.478 e. The number of carboxylic acid groups (broad SMARTS) is 1. The monoisotopic (exact) mass is 316 g/mol. The van der Waals surface area contributed by atoms with Crippen molar-refractivity contribution in [3.8, 4) is 0 Å². The maximum atomic E-state index is 12.9. The van der Waals surface area contributed by atoms with Gasteiger partial charge in [0.1, 0.15) is 12.4 Å². The lowest BCUT2D eigenvalue weighted by atomic mass is 10.2. The van der Waals surface area contributed by atoms with Crippen LogP contribution in [0.25, 0.3) is 0 Å². The minimum atomic E-state index is -4.79. The maximum Gasteiger partial charge on any atom is 0.402 e. The number of anilines is 1. The summed E-state index contributed by atoms with van der Waals surface area (Å²) in [5.74, 6) is -2.53. The standard InChI is InChI=1S/C9H8F4N2O4S/c10-5-1-2-6(8(16)17)7(3-5)15-20(18,19)14-4-9(11,12)13/h1-3,14-15H,4H2,(H,16,17). The first-order chi connectivity index (χ1) is 9.00. The third-order valence-corrected chi connectivity index (χ3v) is 2.93. The lowest BCUT2D eigenvalue weighted by molar-refractivity contribution is -0.121. The molecular formula is C9H8F4N2O4S. The first-order valence-electron chi connectivity index (χ1n) is 4.87. The van der Waals surface area contributed by atoms with Gasteiger partial charge in [0.15, 0.2) is 0 Å². The van der Waals surface area contributed by atoms with Crippen LogP contribution in [-0.4, -0.2) is 32.2 Å². The van der Waals surface area contributed by atoms with Crippen molar-refractivity contribution in [3.63, 3.8) is 0 Å². The van der Waals surface area contributed by atoms with Gasteiger partial charge in [-0.05, 0) is 18.2 Å². The van der Waals surface area contributed by atoms with E-state index < -0.39 is 46.0 Å². The highest BCUT2D eigenvalue weighted by Crippen LogP contribution is 2.19. The molecular weight excluding hydrogens is 308 g/mol. The highest BCUT2D eigenvalue weighted by molar-refractivity contribution is 7.90. The van der Waals surface area contributed by atoms with Gasteiger partial charge >= 0.3 is 12.1 Å². The Bertz CT molecular complexity index is 615. The Morgan fingerprint density at radius 1 is 1.30 bits per heavy atom. The number of nitrogens with one attached hydrogen (secondary N) is 2. The first-order valence-corrected chi connectivity index (χ1v) is 6.35. The Kier molecular flexibility index (Phi) is 4.55. The van der Waals surface area contributed by atoms with Crippen LogP contribution in [0.15, 0.2) is 18.2 Å². The van der Waals surface area contributed by atoms with E-state index in [1.54, 1.807) is 0 Å². The molecule has 0 atom stereocenters. The summed E-state index contributed by atoms with van der Waals surface area (Å²) in [7, 11) is -4.69. The molecule has 3 N–H and O–H groups in total. The molecule has 0 spiro atoms. The van der Waals surface area contributed by atoms with Crippen molar-refractivity contribution in [1.82, 2.24) is 4.72 Å². The molecule has 0 bridgehead atoms. The molecule has 1 aromatic carbocycles. The molecule has 0 aromatic heterocycles. The molecule has 0 aliphatic heterocycles. The van der Waals surface area contributed by atoms with E-state index in [0.29, 0.717) is 6.07 Å². The highest BCUT2D eigenvalue weighted by Gasteiger charge is 2.29. The topological polar surface area (TPSA) is 95.5 Å². The summed E-state index contributed by atoms with van der Waals surface area (Å²) in [6.07, 6.45) is -4.79. The Labute approximate surface area is 110 Å². The molecule has 0 amide bonds. The van der Waals surface area contributed by atoms with Gasteiger partial charge in [-0.2, -0.15) is 26.3 Å². The van der Waals surface area contributed by atoms with E-state index in [1.165, 1.54) is 4.72 Å². The van der Waals surface area contributed by atoms with Crippen LogP contribution < -0.4 is 9.44 Å². The van der Waals surface area contributed by atoms with E-state index >= 15 is 0 Å². The van der Waals surface area contributed by atoms with Crippen molar-refractivity contribution in [3.05, 3.63) is 29.6 Å². The van der Waals surface area contributed by atoms with E-state index in [-0.39, 0.29) is 0 Å². The molecule has 0 unspecified atom stereocenters. The largest absolute Gasteiger partial charge is 0.478 e. The number of rotatable bonds is 5. The third-order valence-electron chi connectivity index (χ3n) is 1.92. The molecule has 0 saturated carbocycles. The van der Waals surface area contributed by atoms with E-state index in [1.807, 2.05) is 0 Å². The van der Waals surface area contributed by atoms with Gasteiger partial charge in [0.05, 0.1) is 11.3 Å². The number of hydrogen-bond acceptors (Lipinski definition) is 3. The lowest BCUT2D eigenvalue weighted by Crippen LogP contribution is -2.37. The molecule has 0 heterocycles. The smallest absolute Gasteiger partial charge is 0.402 e. The number of carbonyl (C=O) groups is 1. The molecule has 0 fully saturated rings. The molecule has 0 radical (unpaired) electrons. The second kappa shape index (κ2) is 5.63. The molecule has 11 heteroatoms. The van der Waals surface area contributed by atoms with E-state index in [9.17, 15) is 30.8 Å². The Hall–Kier alpha value is -1.88. The van der Waals surface area contributed by atoms with Crippen LogP contribution in [0.1, 0.15) is 10.4 Å². The van der Waals surface area contributed by atoms with Gasteiger partial charge in [-0.15, -0.1) is 0 Å². The van der Waals surface area contributed by atoms with Crippen molar-refractivity contribution in [1.29, 1.82) is 0 Å². The summed E-state index contributed by atoms with van der Waals surface area (Å²) in [5.41, 5.74) is -1.30. The molecule has 0 aliphatic rings. The molecule has 112 valence electrons. The molecule has 0 aliphatic carbocycles. The lowest BCUT2D eigenvalue weighted by Gasteiger charge is -2.12. The first kappa shape index (κ1) is 16.2. The highest BCUT2D eigenvalue weighted by atomic mass is 32.2. The second-order valence-electron chi connectivity index (χ2n) is 3.54. The number of aromatic carboxylic acids is 1. The summed E-state index contributed by atoms with van der Waals surface area (Å²) >= 11 is 0. The fourth-order valence-electron chi connectivity index (χ4n) is 1.15. The average molecular weight is 316 g/mol. The fourth-order valence-corrected chi connectivity index (χ4v) is 2.03. The van der Waals surface area contributed by atoms with Crippen LogP contribution in [0.3, 0.4) is 0 Å². The zero-order valence-corrected chi connectivity index (χ0v) is 10.3. The predicted molar refractivity (Wildman–Crippen MR) is 60.0 cm³/mol. The summed E-state index contributed by atoms with van der Waals surface area (Å²) < 4.78 is 73.9. The summed E-state index contributed by atoms with van der Waals surface area (Å²) in [5, 5.41) is 8.75. The van der Waals surface area contributed by atoms with Crippen LogP contribution in [0.2, 0.25) is 0 Å². The summed E-state index contributed by atoms with van der Waals surface area (Å²) in [4.78, 5) is 10.8. The van der Waals surface area contributed by atoms with E-state index in [0.717, 1.165) is 16.9 Å². The quantitative estimate of drug-likeness (QED) is 0.714. The number of alkyl halides is 3. The zero-order valence-electron chi connectivity index (χ0n) is 9.53. The number of benzene rings is 1. The van der Waals surface area contributed by atoms with Crippen LogP contribution in [0.5, 0.6) is 0 Å². The summed E-state index contributed by atoms with van der Waals surface area (Å²) in [6, 6.07) is 2.08. The molecule has 0 saturated heterocycles. The minimum absolute atomic E-state index is 0.538. The molecule has 1 rings (SSSR count). The third kappa shape index (κ3) is 5.01. The molecule has 1 aromatic rings. The fraction of sp³-hybridized carbons (Fsp3) is 0.222. The maximum absolute atomic E-state index is 12.9. The average Bonchev–Trinajstić information content (AvgIpc) is 2.24. The Balaban J connectivity index is 2.97. The van der Waals surface area contributed by atoms with Crippen molar-refractivity contribution in [2.45, 2.75) is 6.18 Å². The Morgan fingerprint density at radius 3 is 2.40 bits per heavy atom. The van der Waals surface area contributed by atoms with Gasteiger partial charge in [-0.1, -0.05) is 0 Å². The predicted octanol–water partition coefficient (Wildman–Crippen LogP) is 1.33. The number of hydrogen-bond donors (Lipinski definition) is 3. The van der Waals surface area contributed by atoms with Crippen LogP contribution in [0, 0.1) is 5.82 Å². The summed E-state index contributed by atoms with van der Waals surface area (Å²) in [6.45, 7) is -1.85. The normalized spacial score (nSPS) is 12.2. The van der Waals surface area contributed by atoms with Gasteiger partial charge in [-0.3, -0.25) is 4.72 Å². The molecule has 6 nitrogen and oxygen atoms in total. The van der Waals surface area contributed by atoms with Gasteiger partial charge in [0.25, 0.3) is 10.2 Å². The van der Waals surface area contributed by atoms with E-state index in [2.05, 4.69) is 0 Å². The van der Waals surface area contributed by atoms with Crippen LogP contribution in [0.4, 0.5) is 23.2 Å². The van der Waals surface area contributed by atoms with Crippen molar-refractivity contribution < 1.29 is 35.9 Å². The molecule has 20 heavy (non-hydrogen) atoms. The SMILES string of the molecule is O=C(O)c1ccc(F)cc1NS(=O)(=O)NCC(F)(F)F. The second-order valence-corrected chi connectivity index (χ2v) is 5.04. The van der Waals surface area contributed by atoms with Crippen LogP contribution in [-0.2, 0) is 10.2 Å². The number of halogens is 4. The van der Waals surface area contributed by atoms with Crippen molar-refractivity contribution in [2.75, 3.05) is 11.3 Å². The van der Waals surface area contributed by atoms with E-state index in [4.69, 9.17) is 5.11 Å². The van der Waals surface area contributed by atoms with Gasteiger partial charge in [0.2, 0.25) is 0 Å². The van der Waals surface area contributed by atoms with Gasteiger partial charge < -0.3 is 5.11 Å². The Morgan fingerprint density at radius 2 is 1.90 bits per heavy atom. The van der Waals surface area contributed by atoms with Crippen molar-refractivity contribution in [2.24, 2.45) is 0 Å². The van der Waals surface area contributed by atoms with Gasteiger partial charge in [-0.25, -0.2) is 9.18 Å². The van der Waals surface area contributed by atoms with Crippen molar-refractivity contribution >= 4 is 21.9 Å². The van der Waals surface area contributed by atoms with Gasteiger partial charge in [0, 0.05) is 0 Å². The number of carboxylic acids is 1.